The molecule has 0 amide bonds. The molecule has 0 saturated heterocycles. The lowest BCUT2D eigenvalue weighted by molar-refractivity contribution is 1.08. The lowest BCUT2D eigenvalue weighted by Crippen LogP contribution is -2.01. The molecule has 4 heteroatoms. The summed E-state index contributed by atoms with van der Waals surface area (Å²) in [5.74, 6) is 0. The Morgan fingerprint density at radius 3 is 3.06 bits per heavy atom. The van der Waals surface area contributed by atoms with Gasteiger partial charge < -0.3 is 5.32 Å². The third-order valence-corrected chi connectivity index (χ3v) is 2.60. The Morgan fingerprint density at radius 2 is 2.25 bits per heavy atom. The van der Waals surface area contributed by atoms with Crippen molar-refractivity contribution in [2.45, 2.75) is 6.42 Å². The van der Waals surface area contributed by atoms with Crippen LogP contribution in [0.15, 0.2) is 30.5 Å². The average Bonchev–Trinajstić information content (AvgIpc) is 2.33. The summed E-state index contributed by atoms with van der Waals surface area (Å²) in [5.41, 5.74) is 1.75. The summed E-state index contributed by atoms with van der Waals surface area (Å²) in [4.78, 5) is 4.29. The van der Waals surface area contributed by atoms with Crippen molar-refractivity contribution in [3.8, 4) is 6.07 Å². The van der Waals surface area contributed by atoms with Gasteiger partial charge in [-0.05, 0) is 24.3 Å². The summed E-state index contributed by atoms with van der Waals surface area (Å²) in [6.07, 6.45) is 2.20. The molecule has 1 heterocycles. The van der Waals surface area contributed by atoms with Crippen LogP contribution < -0.4 is 5.32 Å². The zero-order chi connectivity index (χ0) is 11.4. The third kappa shape index (κ3) is 2.07. The molecule has 2 rings (SSSR count). The molecule has 80 valence electrons. The first-order chi connectivity index (χ1) is 7.83. The Balaban J connectivity index is 2.39. The Hall–Kier alpha value is -1.79. The summed E-state index contributed by atoms with van der Waals surface area (Å²) < 4.78 is 0. The number of fused-ring (bicyclic) bond motifs is 1. The van der Waals surface area contributed by atoms with Gasteiger partial charge in [0.25, 0.3) is 0 Å². The molecule has 0 saturated carbocycles. The molecule has 3 nitrogen and oxygen atoms in total. The first-order valence-electron chi connectivity index (χ1n) is 4.97. The van der Waals surface area contributed by atoms with Gasteiger partial charge in [-0.15, -0.1) is 0 Å². The van der Waals surface area contributed by atoms with E-state index in [1.807, 2.05) is 24.3 Å². The van der Waals surface area contributed by atoms with E-state index in [-0.39, 0.29) is 0 Å². The van der Waals surface area contributed by atoms with Gasteiger partial charge >= 0.3 is 0 Å². The third-order valence-electron chi connectivity index (χ3n) is 2.27. The molecule has 0 aliphatic rings. The Kier molecular flexibility index (Phi) is 3.23. The van der Waals surface area contributed by atoms with Gasteiger partial charge in [-0.2, -0.15) is 5.26 Å². The van der Waals surface area contributed by atoms with Crippen molar-refractivity contribution in [3.63, 3.8) is 0 Å². The number of halogens is 1. The highest BCUT2D eigenvalue weighted by molar-refractivity contribution is 6.35. The number of nitrogens with zero attached hydrogens (tertiary/aromatic N) is 2. The molecule has 1 aromatic heterocycles. The largest absolute Gasteiger partial charge is 0.382 e. The molecule has 1 aromatic carbocycles. The Labute approximate surface area is 98.7 Å². The van der Waals surface area contributed by atoms with Crippen LogP contribution in [0.3, 0.4) is 0 Å². The highest BCUT2D eigenvalue weighted by atomic mass is 35.5. The minimum absolute atomic E-state index is 0.469. The van der Waals surface area contributed by atoms with Crippen molar-refractivity contribution in [2.75, 3.05) is 11.9 Å². The second-order valence-electron chi connectivity index (χ2n) is 3.33. The highest BCUT2D eigenvalue weighted by Crippen LogP contribution is 2.27. The Morgan fingerprint density at radius 1 is 1.38 bits per heavy atom. The molecule has 16 heavy (non-hydrogen) atoms. The second kappa shape index (κ2) is 4.82. The van der Waals surface area contributed by atoms with Crippen molar-refractivity contribution in [2.24, 2.45) is 0 Å². The van der Waals surface area contributed by atoms with E-state index in [9.17, 15) is 0 Å². The number of pyridine rings is 1. The van der Waals surface area contributed by atoms with E-state index in [2.05, 4.69) is 16.4 Å². The van der Waals surface area contributed by atoms with Gasteiger partial charge in [-0.25, -0.2) is 0 Å². The van der Waals surface area contributed by atoms with Crippen LogP contribution in [0.4, 0.5) is 5.69 Å². The zero-order valence-electron chi connectivity index (χ0n) is 8.57. The van der Waals surface area contributed by atoms with Crippen LogP contribution in [0.5, 0.6) is 0 Å². The van der Waals surface area contributed by atoms with Gasteiger partial charge in [0.2, 0.25) is 0 Å². The van der Waals surface area contributed by atoms with Gasteiger partial charge in [-0.3, -0.25) is 4.98 Å². The molecule has 0 atom stereocenters. The van der Waals surface area contributed by atoms with Crippen LogP contribution >= 0.6 is 11.6 Å². The Bertz CT molecular complexity index is 545. The van der Waals surface area contributed by atoms with Crippen LogP contribution in [0.25, 0.3) is 10.9 Å². The summed E-state index contributed by atoms with van der Waals surface area (Å²) >= 11 is 6.07. The lowest BCUT2D eigenvalue weighted by Gasteiger charge is -2.08. The van der Waals surface area contributed by atoms with Gasteiger partial charge in [0.1, 0.15) is 0 Å². The smallest absolute Gasteiger partial charge is 0.0948 e. The molecular formula is C12H10ClN3. The number of hydrogen-bond donors (Lipinski definition) is 1. The molecule has 1 N–H and O–H groups in total. The number of nitriles is 1. The van der Waals surface area contributed by atoms with Crippen molar-refractivity contribution < 1.29 is 0 Å². The molecule has 0 radical (unpaired) electrons. The van der Waals surface area contributed by atoms with E-state index >= 15 is 0 Å². The van der Waals surface area contributed by atoms with Gasteiger partial charge in [0, 0.05) is 18.1 Å². The maximum Gasteiger partial charge on any atom is 0.0948 e. The maximum atomic E-state index is 8.47. The van der Waals surface area contributed by atoms with Gasteiger partial charge in [-0.1, -0.05) is 11.6 Å². The number of anilines is 1. The minimum atomic E-state index is 0.469. The molecule has 2 aromatic rings. The quantitative estimate of drug-likeness (QED) is 0.826. The number of nitrogens with one attached hydrogen (secondary N) is 1. The van der Waals surface area contributed by atoms with E-state index < -0.39 is 0 Å². The number of rotatable bonds is 3. The second-order valence-corrected chi connectivity index (χ2v) is 3.74. The molecule has 0 aliphatic heterocycles. The topological polar surface area (TPSA) is 48.7 Å². The summed E-state index contributed by atoms with van der Waals surface area (Å²) in [5, 5.41) is 13.3. The van der Waals surface area contributed by atoms with Gasteiger partial charge in [0.05, 0.1) is 28.7 Å². The van der Waals surface area contributed by atoms with Crippen LogP contribution in [0.1, 0.15) is 6.42 Å². The first-order valence-corrected chi connectivity index (χ1v) is 5.35. The highest BCUT2D eigenvalue weighted by Gasteiger charge is 2.04. The monoisotopic (exact) mass is 231 g/mol. The molecule has 0 spiro atoms. The SMILES string of the molecule is N#CCCNc1ccc(Cl)c2cccnc12. The van der Waals surface area contributed by atoms with Crippen LogP contribution in [-0.2, 0) is 0 Å². The van der Waals surface area contributed by atoms with E-state index in [0.29, 0.717) is 18.0 Å². The summed E-state index contributed by atoms with van der Waals surface area (Å²) in [7, 11) is 0. The van der Waals surface area contributed by atoms with E-state index in [1.54, 1.807) is 6.20 Å². The number of benzene rings is 1. The normalized spacial score (nSPS) is 10.0. The van der Waals surface area contributed by atoms with Crippen molar-refractivity contribution in [1.29, 1.82) is 5.26 Å². The number of hydrogen-bond acceptors (Lipinski definition) is 3. The van der Waals surface area contributed by atoms with Crippen LogP contribution in [0.2, 0.25) is 5.02 Å². The van der Waals surface area contributed by atoms with Crippen LogP contribution in [0, 0.1) is 11.3 Å². The fourth-order valence-corrected chi connectivity index (χ4v) is 1.75. The van der Waals surface area contributed by atoms with Crippen molar-refractivity contribution >= 4 is 28.2 Å². The van der Waals surface area contributed by atoms with Crippen molar-refractivity contribution in [1.82, 2.24) is 4.98 Å². The van der Waals surface area contributed by atoms with E-state index in [1.165, 1.54) is 0 Å². The molecule has 0 fully saturated rings. The first kappa shape index (κ1) is 10.7. The predicted octanol–water partition coefficient (Wildman–Crippen LogP) is 3.21. The van der Waals surface area contributed by atoms with Gasteiger partial charge in [0.15, 0.2) is 0 Å². The van der Waals surface area contributed by atoms with E-state index in [4.69, 9.17) is 16.9 Å². The maximum absolute atomic E-state index is 8.47. The summed E-state index contributed by atoms with van der Waals surface area (Å²) in [6.45, 7) is 0.615. The number of aromatic nitrogens is 1. The fraction of sp³-hybridized carbons (Fsp3) is 0.167. The molecular weight excluding hydrogens is 222 g/mol. The summed E-state index contributed by atoms with van der Waals surface area (Å²) in [6, 6.07) is 9.59. The minimum Gasteiger partial charge on any atom is -0.382 e. The van der Waals surface area contributed by atoms with Crippen LogP contribution in [-0.4, -0.2) is 11.5 Å². The van der Waals surface area contributed by atoms with E-state index in [0.717, 1.165) is 16.6 Å². The molecule has 0 unspecified atom stereocenters. The van der Waals surface area contributed by atoms with Crippen molar-refractivity contribution in [3.05, 3.63) is 35.5 Å². The predicted molar refractivity (Wildman–Crippen MR) is 65.5 cm³/mol. The standard InChI is InChI=1S/C12H10ClN3/c13-10-4-5-11(15-8-2-6-14)12-9(10)3-1-7-16-12/h1,3-5,7,15H,2,8H2. The molecule has 0 bridgehead atoms. The fourth-order valence-electron chi connectivity index (χ4n) is 1.53. The molecule has 0 aliphatic carbocycles. The lowest BCUT2D eigenvalue weighted by atomic mass is 10.2. The zero-order valence-corrected chi connectivity index (χ0v) is 9.33. The average molecular weight is 232 g/mol.